The van der Waals surface area contributed by atoms with Gasteiger partial charge in [0.2, 0.25) is 0 Å². The quantitative estimate of drug-likeness (QED) is 0.618. The normalized spacial score (nSPS) is 25.5. The predicted molar refractivity (Wildman–Crippen MR) is 144 cm³/mol. The molecular formula is C31H38N2O3. The molecule has 4 rings (SSSR count). The number of Topliss-reactive ketones (excluding diaryl/α,β-unsaturated/α-hetero) is 2. The van der Waals surface area contributed by atoms with E-state index < -0.39 is 11.5 Å². The topological polar surface area (TPSA) is 83.6 Å². The Morgan fingerprint density at radius 3 is 2.53 bits per heavy atom. The summed E-state index contributed by atoms with van der Waals surface area (Å²) in [4.78, 5) is 29.6. The zero-order valence-electron chi connectivity index (χ0n) is 22.6. The Kier molecular flexibility index (Phi) is 6.44. The summed E-state index contributed by atoms with van der Waals surface area (Å²) in [5.41, 5.74) is 11.0. The minimum atomic E-state index is -1.23. The van der Waals surface area contributed by atoms with Crippen molar-refractivity contribution in [3.05, 3.63) is 69.0 Å². The van der Waals surface area contributed by atoms with E-state index >= 15 is 0 Å². The summed E-state index contributed by atoms with van der Waals surface area (Å²) in [5.74, 6) is 5.39. The number of benzene rings is 1. The first-order chi connectivity index (χ1) is 16.7. The molecule has 0 saturated carbocycles. The molecule has 0 aromatic heterocycles. The summed E-state index contributed by atoms with van der Waals surface area (Å²) in [7, 11) is 3.96. The van der Waals surface area contributed by atoms with Crippen LogP contribution in [0.2, 0.25) is 0 Å². The van der Waals surface area contributed by atoms with Crippen LogP contribution in [0.3, 0.4) is 0 Å². The Balaban J connectivity index is 1.92. The lowest BCUT2D eigenvalue weighted by Gasteiger charge is -2.47. The number of carbonyl (C=O) groups excluding carboxylic acids is 2. The molecule has 0 saturated heterocycles. The van der Waals surface area contributed by atoms with E-state index in [0.29, 0.717) is 42.5 Å². The summed E-state index contributed by atoms with van der Waals surface area (Å²) in [5, 5.41) is 11.7. The fourth-order valence-corrected chi connectivity index (χ4v) is 6.45. The smallest absolute Gasteiger partial charge is 0.189 e. The number of hydrogen-bond donors (Lipinski definition) is 2. The molecule has 0 fully saturated rings. The minimum absolute atomic E-state index is 0.0319. The first-order valence-corrected chi connectivity index (χ1v) is 12.6. The monoisotopic (exact) mass is 486 g/mol. The molecule has 3 aliphatic carbocycles. The second-order valence-corrected chi connectivity index (χ2v) is 12.0. The molecule has 0 radical (unpaired) electrons. The molecule has 0 aliphatic heterocycles. The fraction of sp³-hybridized carbons (Fsp3) is 0.484. The molecule has 0 amide bonds. The fourth-order valence-electron chi connectivity index (χ4n) is 6.45. The number of nitrogens with two attached hydrogens (primary N) is 1. The number of rotatable bonds is 2. The molecule has 190 valence electrons. The lowest BCUT2D eigenvalue weighted by molar-refractivity contribution is -0.129. The second-order valence-electron chi connectivity index (χ2n) is 12.0. The maximum absolute atomic E-state index is 14.2. The maximum Gasteiger partial charge on any atom is 0.189 e. The average Bonchev–Trinajstić information content (AvgIpc) is 2.73. The van der Waals surface area contributed by atoms with Crippen LogP contribution >= 0.6 is 0 Å². The average molecular weight is 487 g/mol. The van der Waals surface area contributed by atoms with E-state index in [0.717, 1.165) is 27.8 Å². The van der Waals surface area contributed by atoms with Crippen molar-refractivity contribution in [2.75, 3.05) is 20.6 Å². The molecule has 3 unspecified atom stereocenters. The highest BCUT2D eigenvalue weighted by molar-refractivity contribution is 6.14. The SMILES string of the molecule is C=C(N)C1=CCC2(O)CC3Cc4c(C#CCN(C)C)cc(C(C)(C)C)c(C)c4C(=O)C3=C(C)C2C1=O. The zero-order chi connectivity index (χ0) is 26.7. The van der Waals surface area contributed by atoms with Gasteiger partial charge in [-0.05, 0) is 81.3 Å². The second kappa shape index (κ2) is 8.87. The molecule has 3 aliphatic rings. The number of ketones is 2. The molecule has 1 aromatic carbocycles. The van der Waals surface area contributed by atoms with Crippen molar-refractivity contribution in [2.45, 2.75) is 64.9 Å². The Hall–Kier alpha value is -2.94. The third kappa shape index (κ3) is 4.17. The molecule has 0 bridgehead atoms. The van der Waals surface area contributed by atoms with E-state index in [1.165, 1.54) is 0 Å². The van der Waals surface area contributed by atoms with Crippen molar-refractivity contribution >= 4 is 11.6 Å². The van der Waals surface area contributed by atoms with Crippen LogP contribution in [-0.2, 0) is 16.6 Å². The molecule has 0 spiro atoms. The van der Waals surface area contributed by atoms with Crippen molar-refractivity contribution < 1.29 is 14.7 Å². The van der Waals surface area contributed by atoms with Crippen LogP contribution in [0.1, 0.15) is 73.1 Å². The number of carbonyl (C=O) groups is 2. The molecule has 3 N–H and O–H groups in total. The van der Waals surface area contributed by atoms with Gasteiger partial charge in [0.05, 0.1) is 18.1 Å². The van der Waals surface area contributed by atoms with Gasteiger partial charge in [-0.25, -0.2) is 0 Å². The summed E-state index contributed by atoms with van der Waals surface area (Å²) >= 11 is 0. The Morgan fingerprint density at radius 2 is 1.94 bits per heavy atom. The van der Waals surface area contributed by atoms with Crippen LogP contribution < -0.4 is 5.73 Å². The van der Waals surface area contributed by atoms with Gasteiger partial charge in [-0.2, -0.15) is 0 Å². The number of nitrogens with zero attached hydrogens (tertiary/aromatic N) is 1. The maximum atomic E-state index is 14.2. The Bertz CT molecular complexity index is 1310. The largest absolute Gasteiger partial charge is 0.399 e. The third-order valence-electron chi connectivity index (χ3n) is 7.98. The van der Waals surface area contributed by atoms with E-state index in [2.05, 4.69) is 45.3 Å². The summed E-state index contributed by atoms with van der Waals surface area (Å²) in [6, 6.07) is 2.15. The van der Waals surface area contributed by atoms with Crippen molar-refractivity contribution in [1.82, 2.24) is 4.90 Å². The highest BCUT2D eigenvalue weighted by atomic mass is 16.3. The minimum Gasteiger partial charge on any atom is -0.399 e. The van der Waals surface area contributed by atoms with Crippen LogP contribution in [0.5, 0.6) is 0 Å². The van der Waals surface area contributed by atoms with Crippen molar-refractivity contribution in [1.29, 1.82) is 0 Å². The number of fused-ring (bicyclic) bond motifs is 3. The number of allylic oxidation sites excluding steroid dienone is 2. The summed E-state index contributed by atoms with van der Waals surface area (Å²) in [6.07, 6.45) is 2.99. The molecule has 5 nitrogen and oxygen atoms in total. The van der Waals surface area contributed by atoms with Gasteiger partial charge in [-0.3, -0.25) is 14.5 Å². The number of aliphatic hydroxyl groups is 1. The van der Waals surface area contributed by atoms with Crippen molar-refractivity contribution in [3.8, 4) is 11.8 Å². The van der Waals surface area contributed by atoms with Crippen molar-refractivity contribution in [3.63, 3.8) is 0 Å². The number of hydrogen-bond acceptors (Lipinski definition) is 5. The van der Waals surface area contributed by atoms with Crippen LogP contribution in [0.4, 0.5) is 0 Å². The zero-order valence-corrected chi connectivity index (χ0v) is 22.6. The molecule has 3 atom stereocenters. The van der Waals surface area contributed by atoms with Gasteiger partial charge in [0, 0.05) is 28.0 Å². The van der Waals surface area contributed by atoms with Gasteiger partial charge in [0.25, 0.3) is 0 Å². The van der Waals surface area contributed by atoms with E-state index in [-0.39, 0.29) is 28.6 Å². The van der Waals surface area contributed by atoms with E-state index in [1.807, 2.05) is 32.8 Å². The lowest BCUT2D eigenvalue weighted by Crippen LogP contribution is -2.52. The lowest BCUT2D eigenvalue weighted by atomic mass is 9.58. The first kappa shape index (κ1) is 26.1. The molecular weight excluding hydrogens is 448 g/mol. The summed E-state index contributed by atoms with van der Waals surface area (Å²) in [6.45, 7) is 14.7. The third-order valence-corrected chi connectivity index (χ3v) is 7.98. The summed E-state index contributed by atoms with van der Waals surface area (Å²) < 4.78 is 0. The highest BCUT2D eigenvalue weighted by Gasteiger charge is 2.53. The van der Waals surface area contributed by atoms with Gasteiger partial charge in [-0.1, -0.05) is 50.8 Å². The Labute approximate surface area is 215 Å². The van der Waals surface area contributed by atoms with Gasteiger partial charge in [-0.15, -0.1) is 0 Å². The van der Waals surface area contributed by atoms with E-state index in [9.17, 15) is 14.7 Å². The molecule has 0 heterocycles. The van der Waals surface area contributed by atoms with E-state index in [1.54, 1.807) is 6.08 Å². The van der Waals surface area contributed by atoms with Crippen LogP contribution in [0.15, 0.2) is 41.1 Å². The van der Waals surface area contributed by atoms with Crippen molar-refractivity contribution in [2.24, 2.45) is 17.6 Å². The molecule has 36 heavy (non-hydrogen) atoms. The molecule has 1 aromatic rings. The van der Waals surface area contributed by atoms with E-state index in [4.69, 9.17) is 5.73 Å². The van der Waals surface area contributed by atoms with Gasteiger partial charge in [0.15, 0.2) is 11.6 Å². The molecule has 5 heteroatoms. The van der Waals surface area contributed by atoms with Crippen LogP contribution in [0.25, 0.3) is 0 Å². The van der Waals surface area contributed by atoms with Crippen LogP contribution in [0, 0.1) is 30.6 Å². The Morgan fingerprint density at radius 1 is 1.28 bits per heavy atom. The van der Waals surface area contributed by atoms with Gasteiger partial charge < -0.3 is 10.8 Å². The van der Waals surface area contributed by atoms with Crippen LogP contribution in [-0.4, -0.2) is 47.8 Å². The predicted octanol–water partition coefficient (Wildman–Crippen LogP) is 4.00. The van der Waals surface area contributed by atoms with Gasteiger partial charge >= 0.3 is 0 Å². The van der Waals surface area contributed by atoms with Gasteiger partial charge in [0.1, 0.15) is 0 Å². The highest BCUT2D eigenvalue weighted by Crippen LogP contribution is 2.51. The standard InChI is InChI=1S/C31H38N2O3/c1-17-24(30(4,5)6)15-20(10-9-13-33(7)8)23-14-21-16-31(36)12-11-22(19(3)32)28(34)27(31)18(2)25(21)29(35)26(17)23/h11,15,21,27,36H,3,12-14,16,32H2,1-2,4-8H3. The first-order valence-electron chi connectivity index (χ1n) is 12.6.